The van der Waals surface area contributed by atoms with Crippen molar-refractivity contribution in [2.45, 2.75) is 38.6 Å². The Morgan fingerprint density at radius 2 is 1.74 bits per heavy atom. The smallest absolute Gasteiger partial charge is 0.327 e. The summed E-state index contributed by atoms with van der Waals surface area (Å²) in [6.07, 6.45) is 3.78. The van der Waals surface area contributed by atoms with Gasteiger partial charge in [-0.15, -0.1) is 0 Å². The number of urea groups is 1. The maximum absolute atomic E-state index is 12.5. The Morgan fingerprint density at radius 3 is 2.48 bits per heavy atom. The molecule has 0 saturated carbocycles. The number of aryl methyl sites for hydroxylation is 1. The minimum absolute atomic E-state index is 0.0315. The SMILES string of the molecule is Cc1ccccc1N1CCN(CCCN2C(=O)[C@H]3CCCCN3C2=O)CC1. The van der Waals surface area contributed by atoms with Crippen molar-refractivity contribution in [3.05, 3.63) is 29.8 Å². The molecule has 3 saturated heterocycles. The van der Waals surface area contributed by atoms with Crippen molar-refractivity contribution in [2.24, 2.45) is 0 Å². The van der Waals surface area contributed by atoms with E-state index in [4.69, 9.17) is 0 Å². The van der Waals surface area contributed by atoms with E-state index in [1.807, 2.05) is 0 Å². The molecule has 1 aromatic carbocycles. The predicted molar refractivity (Wildman–Crippen MR) is 106 cm³/mol. The average molecular weight is 370 g/mol. The van der Waals surface area contributed by atoms with E-state index in [9.17, 15) is 9.59 Å². The highest BCUT2D eigenvalue weighted by molar-refractivity contribution is 6.04. The summed E-state index contributed by atoms with van der Waals surface area (Å²) >= 11 is 0. The highest BCUT2D eigenvalue weighted by Gasteiger charge is 2.45. The molecular weight excluding hydrogens is 340 g/mol. The number of nitrogens with zero attached hydrogens (tertiary/aromatic N) is 4. The second-order valence-electron chi connectivity index (χ2n) is 7.95. The number of amides is 3. The Morgan fingerprint density at radius 1 is 0.963 bits per heavy atom. The standard InChI is InChI=1S/C21H30N4O2/c1-17-7-2-3-8-18(17)23-15-13-22(14-16-23)10-6-12-25-20(26)19-9-4-5-11-24(19)21(25)27/h2-3,7-8,19H,4-6,9-16H2,1H3/t19-/m1/s1. The van der Waals surface area contributed by atoms with Gasteiger partial charge >= 0.3 is 6.03 Å². The predicted octanol–water partition coefficient (Wildman–Crippen LogP) is 2.32. The summed E-state index contributed by atoms with van der Waals surface area (Å²) in [5.41, 5.74) is 2.66. The number of piperidine rings is 1. The Labute approximate surface area is 161 Å². The van der Waals surface area contributed by atoms with Crippen LogP contribution < -0.4 is 4.90 Å². The first kappa shape index (κ1) is 18.3. The molecular formula is C21H30N4O2. The first-order valence-electron chi connectivity index (χ1n) is 10.3. The largest absolute Gasteiger partial charge is 0.369 e. The van der Waals surface area contributed by atoms with Gasteiger partial charge < -0.3 is 9.80 Å². The highest BCUT2D eigenvalue weighted by atomic mass is 16.2. The zero-order valence-electron chi connectivity index (χ0n) is 16.3. The van der Waals surface area contributed by atoms with E-state index in [1.165, 1.54) is 16.2 Å². The second kappa shape index (κ2) is 7.89. The molecule has 0 N–H and O–H groups in total. The minimum atomic E-state index is -0.177. The summed E-state index contributed by atoms with van der Waals surface area (Å²) in [7, 11) is 0. The van der Waals surface area contributed by atoms with Crippen molar-refractivity contribution in [3.8, 4) is 0 Å². The van der Waals surface area contributed by atoms with Gasteiger partial charge in [-0.25, -0.2) is 4.79 Å². The second-order valence-corrected chi connectivity index (χ2v) is 7.95. The van der Waals surface area contributed by atoms with Gasteiger partial charge in [0.15, 0.2) is 0 Å². The summed E-state index contributed by atoms with van der Waals surface area (Å²) in [6.45, 7) is 8.54. The van der Waals surface area contributed by atoms with Crippen LogP contribution in [0, 0.1) is 6.92 Å². The van der Waals surface area contributed by atoms with Gasteiger partial charge in [0.1, 0.15) is 6.04 Å². The van der Waals surface area contributed by atoms with Gasteiger partial charge in [-0.2, -0.15) is 0 Å². The Bertz CT molecular complexity index is 675. The van der Waals surface area contributed by atoms with E-state index < -0.39 is 0 Å². The highest BCUT2D eigenvalue weighted by Crippen LogP contribution is 2.26. The molecule has 3 amide bonds. The van der Waals surface area contributed by atoms with E-state index in [1.54, 1.807) is 4.90 Å². The summed E-state index contributed by atoms with van der Waals surface area (Å²) in [4.78, 5) is 33.2. The zero-order chi connectivity index (χ0) is 18.8. The van der Waals surface area contributed by atoms with Crippen LogP contribution in [-0.2, 0) is 4.79 Å². The summed E-state index contributed by atoms with van der Waals surface area (Å²) < 4.78 is 0. The van der Waals surface area contributed by atoms with Crippen LogP contribution in [0.5, 0.6) is 0 Å². The van der Waals surface area contributed by atoms with Crippen LogP contribution in [0.3, 0.4) is 0 Å². The molecule has 1 aromatic rings. The van der Waals surface area contributed by atoms with Crippen LogP contribution >= 0.6 is 0 Å². The molecule has 0 spiro atoms. The van der Waals surface area contributed by atoms with E-state index in [0.29, 0.717) is 6.54 Å². The van der Waals surface area contributed by atoms with Crippen molar-refractivity contribution in [2.75, 3.05) is 50.7 Å². The number of hydrogen-bond donors (Lipinski definition) is 0. The molecule has 0 aromatic heterocycles. The van der Waals surface area contributed by atoms with Crippen LogP contribution in [-0.4, -0.2) is 78.5 Å². The molecule has 3 aliphatic rings. The van der Waals surface area contributed by atoms with Crippen LogP contribution in [0.1, 0.15) is 31.2 Å². The third kappa shape index (κ3) is 3.68. The molecule has 0 unspecified atom stereocenters. The van der Waals surface area contributed by atoms with Gasteiger partial charge in [0, 0.05) is 45.0 Å². The van der Waals surface area contributed by atoms with Crippen LogP contribution in [0.25, 0.3) is 0 Å². The lowest BCUT2D eigenvalue weighted by atomic mass is 10.0. The monoisotopic (exact) mass is 370 g/mol. The Balaban J connectivity index is 1.23. The molecule has 146 valence electrons. The van der Waals surface area contributed by atoms with E-state index in [2.05, 4.69) is 41.0 Å². The third-order valence-corrected chi connectivity index (χ3v) is 6.21. The van der Waals surface area contributed by atoms with Crippen LogP contribution in [0.4, 0.5) is 10.5 Å². The number of rotatable bonds is 5. The first-order valence-corrected chi connectivity index (χ1v) is 10.3. The molecule has 0 aliphatic carbocycles. The zero-order valence-corrected chi connectivity index (χ0v) is 16.3. The van der Waals surface area contributed by atoms with Crippen LogP contribution in [0.15, 0.2) is 24.3 Å². The molecule has 4 rings (SSSR count). The Hall–Kier alpha value is -2.08. The molecule has 27 heavy (non-hydrogen) atoms. The summed E-state index contributed by atoms with van der Waals surface area (Å²) in [5.74, 6) is 0.0315. The fourth-order valence-electron chi connectivity index (χ4n) is 4.64. The minimum Gasteiger partial charge on any atom is -0.369 e. The molecule has 6 nitrogen and oxygen atoms in total. The summed E-state index contributed by atoms with van der Waals surface area (Å²) in [5, 5.41) is 0. The van der Waals surface area contributed by atoms with Gasteiger partial charge in [0.2, 0.25) is 0 Å². The van der Waals surface area contributed by atoms with Crippen LogP contribution in [0.2, 0.25) is 0 Å². The van der Waals surface area contributed by atoms with Gasteiger partial charge in [0.05, 0.1) is 0 Å². The molecule has 0 radical (unpaired) electrons. The number of benzene rings is 1. The first-order chi connectivity index (χ1) is 13.1. The molecule has 1 atom stereocenters. The number of hydrogen-bond acceptors (Lipinski definition) is 4. The van der Waals surface area contributed by atoms with Gasteiger partial charge in [-0.3, -0.25) is 14.6 Å². The number of fused-ring (bicyclic) bond motifs is 1. The molecule has 0 bridgehead atoms. The maximum atomic E-state index is 12.5. The van der Waals surface area contributed by atoms with Crippen molar-refractivity contribution in [1.82, 2.24) is 14.7 Å². The molecule has 3 aliphatic heterocycles. The number of carbonyl (C=O) groups excluding carboxylic acids is 2. The lowest BCUT2D eigenvalue weighted by Crippen LogP contribution is -2.47. The fraction of sp³-hybridized carbons (Fsp3) is 0.619. The number of imide groups is 1. The average Bonchev–Trinajstić information content (AvgIpc) is 2.94. The fourth-order valence-corrected chi connectivity index (χ4v) is 4.64. The summed E-state index contributed by atoms with van der Waals surface area (Å²) in [6, 6.07) is 8.32. The van der Waals surface area contributed by atoms with Gasteiger partial charge in [-0.05, 0) is 50.8 Å². The van der Waals surface area contributed by atoms with Gasteiger partial charge in [-0.1, -0.05) is 18.2 Å². The lowest BCUT2D eigenvalue weighted by Gasteiger charge is -2.37. The van der Waals surface area contributed by atoms with E-state index in [0.717, 1.165) is 65.0 Å². The van der Waals surface area contributed by atoms with Crippen molar-refractivity contribution >= 4 is 17.6 Å². The van der Waals surface area contributed by atoms with E-state index in [-0.39, 0.29) is 18.0 Å². The van der Waals surface area contributed by atoms with Gasteiger partial charge in [0.25, 0.3) is 5.91 Å². The topological polar surface area (TPSA) is 47.1 Å². The van der Waals surface area contributed by atoms with Crippen molar-refractivity contribution in [1.29, 1.82) is 0 Å². The van der Waals surface area contributed by atoms with E-state index >= 15 is 0 Å². The normalized spacial score (nSPS) is 23.9. The molecule has 3 heterocycles. The molecule has 6 heteroatoms. The molecule has 3 fully saturated rings. The lowest BCUT2D eigenvalue weighted by molar-refractivity contribution is -0.128. The maximum Gasteiger partial charge on any atom is 0.327 e. The number of anilines is 1. The van der Waals surface area contributed by atoms with Crippen molar-refractivity contribution < 1.29 is 9.59 Å². The number of carbonyl (C=O) groups is 2. The third-order valence-electron chi connectivity index (χ3n) is 6.21. The number of para-hydroxylation sites is 1. The van der Waals surface area contributed by atoms with Crippen molar-refractivity contribution in [3.63, 3.8) is 0 Å². The quantitative estimate of drug-likeness (QED) is 0.747. The number of piperazine rings is 1. The Kier molecular flexibility index (Phi) is 5.34.